The third-order valence-electron chi connectivity index (χ3n) is 3.49. The lowest BCUT2D eigenvalue weighted by atomic mass is 10.2. The van der Waals surface area contributed by atoms with Crippen LogP contribution in [0.2, 0.25) is 5.28 Å². The van der Waals surface area contributed by atoms with Crippen molar-refractivity contribution >= 4 is 27.3 Å². The molecule has 12 heteroatoms. The van der Waals surface area contributed by atoms with Crippen LogP contribution in [0.1, 0.15) is 5.69 Å². The summed E-state index contributed by atoms with van der Waals surface area (Å²) in [5, 5.41) is -0.341. The Balaban J connectivity index is 2.02. The lowest BCUT2D eigenvalue weighted by Gasteiger charge is -2.40. The summed E-state index contributed by atoms with van der Waals surface area (Å²) in [6, 6.07) is -0.158. The number of hydrogen-bond acceptors (Lipinski definition) is 7. The Bertz CT molecular complexity index is 728. The van der Waals surface area contributed by atoms with Crippen LogP contribution in [0.5, 0.6) is 5.75 Å². The fourth-order valence-electron chi connectivity index (χ4n) is 2.41. The number of alkyl halides is 3. The number of nitrogens with zero attached hydrogens (tertiary/aromatic N) is 3. The van der Waals surface area contributed by atoms with Crippen molar-refractivity contribution in [2.45, 2.75) is 17.3 Å². The van der Waals surface area contributed by atoms with Crippen molar-refractivity contribution < 1.29 is 31.1 Å². The van der Waals surface area contributed by atoms with E-state index in [2.05, 4.69) is 9.97 Å². The molecule has 0 N–H and O–H groups in total. The van der Waals surface area contributed by atoms with Gasteiger partial charge in [0, 0.05) is 6.54 Å². The summed E-state index contributed by atoms with van der Waals surface area (Å²) in [7, 11) is -5.40. The number of morpholine rings is 1. The first-order chi connectivity index (χ1) is 10.7. The SMILES string of the molecule is O=S(=O)(Cc1nc(Cl)nc2c1OCC1COCCN21)C(F)(F)F. The van der Waals surface area contributed by atoms with Crippen LogP contribution in [-0.4, -0.2) is 56.3 Å². The van der Waals surface area contributed by atoms with E-state index < -0.39 is 26.8 Å². The second kappa shape index (κ2) is 5.64. The van der Waals surface area contributed by atoms with Crippen LogP contribution in [-0.2, 0) is 20.3 Å². The zero-order valence-electron chi connectivity index (χ0n) is 11.5. The second-order valence-electron chi connectivity index (χ2n) is 5.03. The van der Waals surface area contributed by atoms with Crippen LogP contribution >= 0.6 is 11.6 Å². The van der Waals surface area contributed by atoms with Crippen molar-refractivity contribution in [1.29, 1.82) is 0 Å². The molecule has 1 aromatic rings. The van der Waals surface area contributed by atoms with Gasteiger partial charge in [-0.25, -0.2) is 13.4 Å². The molecule has 1 unspecified atom stereocenters. The maximum atomic E-state index is 12.6. The molecular formula is C11H11ClF3N3O4S. The van der Waals surface area contributed by atoms with Crippen molar-refractivity contribution in [2.24, 2.45) is 0 Å². The fraction of sp³-hybridized carbons (Fsp3) is 0.636. The predicted molar refractivity (Wildman–Crippen MR) is 73.2 cm³/mol. The quantitative estimate of drug-likeness (QED) is 0.719. The number of aromatic nitrogens is 2. The van der Waals surface area contributed by atoms with E-state index in [1.807, 2.05) is 0 Å². The number of halogens is 4. The van der Waals surface area contributed by atoms with Crippen LogP contribution in [0.4, 0.5) is 19.0 Å². The van der Waals surface area contributed by atoms with Gasteiger partial charge in [0.05, 0.1) is 19.3 Å². The molecular weight excluding hydrogens is 363 g/mol. The second-order valence-corrected chi connectivity index (χ2v) is 7.35. The summed E-state index contributed by atoms with van der Waals surface area (Å²) in [4.78, 5) is 9.37. The first-order valence-corrected chi connectivity index (χ1v) is 8.54. The van der Waals surface area contributed by atoms with E-state index >= 15 is 0 Å². The molecule has 128 valence electrons. The Kier molecular flexibility index (Phi) is 4.05. The number of hydrogen-bond donors (Lipinski definition) is 0. The molecule has 1 fully saturated rings. The highest BCUT2D eigenvalue weighted by Crippen LogP contribution is 2.38. The molecule has 0 amide bonds. The number of fused-ring (bicyclic) bond motifs is 3. The highest BCUT2D eigenvalue weighted by atomic mass is 35.5. The molecule has 1 saturated heterocycles. The summed E-state index contributed by atoms with van der Waals surface area (Å²) in [6.07, 6.45) is 0. The smallest absolute Gasteiger partial charge is 0.486 e. The molecule has 0 bridgehead atoms. The van der Waals surface area contributed by atoms with Gasteiger partial charge in [-0.1, -0.05) is 0 Å². The largest absolute Gasteiger partial charge is 0.497 e. The van der Waals surface area contributed by atoms with Gasteiger partial charge in [0.1, 0.15) is 18.1 Å². The minimum atomic E-state index is -5.40. The maximum absolute atomic E-state index is 12.6. The van der Waals surface area contributed by atoms with E-state index in [1.165, 1.54) is 0 Å². The van der Waals surface area contributed by atoms with E-state index in [0.29, 0.717) is 19.8 Å². The average molecular weight is 374 g/mol. The molecule has 1 aromatic heterocycles. The van der Waals surface area contributed by atoms with Gasteiger partial charge in [0.25, 0.3) is 9.84 Å². The van der Waals surface area contributed by atoms with Crippen LogP contribution in [0.25, 0.3) is 0 Å². The monoisotopic (exact) mass is 373 g/mol. The lowest BCUT2D eigenvalue weighted by Crippen LogP contribution is -2.51. The summed E-state index contributed by atoms with van der Waals surface area (Å²) in [5.41, 5.74) is -5.78. The van der Waals surface area contributed by atoms with Gasteiger partial charge in [-0.05, 0) is 11.6 Å². The number of anilines is 1. The summed E-state index contributed by atoms with van der Waals surface area (Å²) >= 11 is 5.74. The normalized spacial score (nSPS) is 21.4. The van der Waals surface area contributed by atoms with Crippen LogP contribution in [0, 0.1) is 0 Å². The first-order valence-electron chi connectivity index (χ1n) is 6.51. The van der Waals surface area contributed by atoms with Crippen molar-refractivity contribution in [3.05, 3.63) is 11.0 Å². The molecule has 2 aliphatic rings. The molecule has 2 aliphatic heterocycles. The maximum Gasteiger partial charge on any atom is 0.497 e. The third-order valence-corrected chi connectivity index (χ3v) is 5.02. The molecule has 0 saturated carbocycles. The van der Waals surface area contributed by atoms with Crippen molar-refractivity contribution in [3.63, 3.8) is 0 Å². The number of rotatable bonds is 2. The Morgan fingerprint density at radius 1 is 1.30 bits per heavy atom. The van der Waals surface area contributed by atoms with Crippen molar-refractivity contribution in [3.8, 4) is 5.75 Å². The van der Waals surface area contributed by atoms with Gasteiger partial charge in [-0.2, -0.15) is 18.2 Å². The van der Waals surface area contributed by atoms with Crippen LogP contribution in [0.3, 0.4) is 0 Å². The zero-order chi connectivity index (χ0) is 16.8. The summed E-state index contributed by atoms with van der Waals surface area (Å²) < 4.78 is 71.2. The number of ether oxygens (including phenoxy) is 2. The third kappa shape index (κ3) is 3.04. The molecule has 0 spiro atoms. The standard InChI is InChI=1S/C11H11ClF3N3O4S/c12-10-16-7(5-23(19,20)11(13,14)15)8-9(17-10)18-1-2-21-3-6(18)4-22-8/h6H,1-5H2. The zero-order valence-corrected chi connectivity index (χ0v) is 13.1. The fourth-order valence-corrected chi connectivity index (χ4v) is 3.31. The molecule has 7 nitrogen and oxygen atoms in total. The van der Waals surface area contributed by atoms with Gasteiger partial charge in [-0.15, -0.1) is 0 Å². The predicted octanol–water partition coefficient (Wildman–Crippen LogP) is 1.16. The molecule has 23 heavy (non-hydrogen) atoms. The van der Waals surface area contributed by atoms with E-state index in [0.717, 1.165) is 0 Å². The first kappa shape index (κ1) is 16.5. The van der Waals surface area contributed by atoms with E-state index in [4.69, 9.17) is 21.1 Å². The van der Waals surface area contributed by atoms with Crippen molar-refractivity contribution in [1.82, 2.24) is 9.97 Å². The van der Waals surface area contributed by atoms with Gasteiger partial charge in [0.2, 0.25) is 5.28 Å². The summed E-state index contributed by atoms with van der Waals surface area (Å²) in [5.74, 6) is -1.24. The topological polar surface area (TPSA) is 81.6 Å². The molecule has 0 aromatic carbocycles. The Morgan fingerprint density at radius 2 is 2.04 bits per heavy atom. The summed E-state index contributed by atoms with van der Waals surface area (Å²) in [6.45, 7) is 1.36. The van der Waals surface area contributed by atoms with Crippen LogP contribution in [0.15, 0.2) is 0 Å². The van der Waals surface area contributed by atoms with Gasteiger partial charge in [-0.3, -0.25) is 0 Å². The van der Waals surface area contributed by atoms with E-state index in [9.17, 15) is 21.6 Å². The molecule has 0 radical (unpaired) electrons. The van der Waals surface area contributed by atoms with Crippen LogP contribution < -0.4 is 9.64 Å². The minimum absolute atomic E-state index is 0.0830. The van der Waals surface area contributed by atoms with Gasteiger partial charge in [0.15, 0.2) is 11.6 Å². The van der Waals surface area contributed by atoms with E-state index in [-0.39, 0.29) is 29.5 Å². The molecule has 0 aliphatic carbocycles. The minimum Gasteiger partial charge on any atom is -0.486 e. The Morgan fingerprint density at radius 3 is 2.74 bits per heavy atom. The lowest BCUT2D eigenvalue weighted by molar-refractivity contribution is -0.0438. The van der Waals surface area contributed by atoms with Gasteiger partial charge >= 0.3 is 5.51 Å². The number of sulfone groups is 1. The molecule has 3 heterocycles. The molecule has 1 atom stereocenters. The van der Waals surface area contributed by atoms with Gasteiger partial charge < -0.3 is 14.4 Å². The average Bonchev–Trinajstić information content (AvgIpc) is 2.45. The highest BCUT2D eigenvalue weighted by Gasteiger charge is 2.47. The van der Waals surface area contributed by atoms with E-state index in [1.54, 1.807) is 4.90 Å². The molecule has 3 rings (SSSR count). The highest BCUT2D eigenvalue weighted by molar-refractivity contribution is 7.91. The Labute approximate surface area is 134 Å². The van der Waals surface area contributed by atoms with Crippen molar-refractivity contribution in [2.75, 3.05) is 31.3 Å². The Hall–Kier alpha value is -1.33.